The van der Waals surface area contributed by atoms with E-state index in [0.29, 0.717) is 22.8 Å². The molecular weight excluding hydrogens is 226 g/mol. The number of hydrogen-bond acceptors (Lipinski definition) is 3. The summed E-state index contributed by atoms with van der Waals surface area (Å²) in [5, 5.41) is 4.58. The van der Waals surface area contributed by atoms with E-state index in [2.05, 4.69) is 10.1 Å². The predicted octanol–water partition coefficient (Wildman–Crippen LogP) is 2.25. The Labute approximate surface area is 97.2 Å². The highest BCUT2D eigenvalue weighted by Gasteiger charge is 2.38. The molecule has 4 nitrogen and oxygen atoms in total. The first-order chi connectivity index (χ1) is 7.49. The smallest absolute Gasteiger partial charge is 0.167 e. The molecule has 1 aliphatic rings. The van der Waals surface area contributed by atoms with Gasteiger partial charge in [-0.3, -0.25) is 4.79 Å². The van der Waals surface area contributed by atoms with Gasteiger partial charge in [-0.25, -0.2) is 9.50 Å². The van der Waals surface area contributed by atoms with Crippen LogP contribution in [0.4, 0.5) is 0 Å². The fourth-order valence-electron chi connectivity index (χ4n) is 2.34. The Morgan fingerprint density at radius 2 is 2.25 bits per heavy atom. The maximum Gasteiger partial charge on any atom is 0.167 e. The molecule has 82 valence electrons. The SMILES string of the molecule is CC1(C)CC(=O)c2cnc3cc(Cl)nn3c21. The zero-order valence-electron chi connectivity index (χ0n) is 8.99. The van der Waals surface area contributed by atoms with Gasteiger partial charge in [-0.2, -0.15) is 5.10 Å². The topological polar surface area (TPSA) is 47.3 Å². The average Bonchev–Trinajstić information content (AvgIpc) is 2.63. The molecule has 0 atom stereocenters. The van der Waals surface area contributed by atoms with Gasteiger partial charge in [0.1, 0.15) is 0 Å². The molecule has 0 bridgehead atoms. The highest BCUT2D eigenvalue weighted by Crippen LogP contribution is 2.37. The molecule has 0 radical (unpaired) electrons. The molecule has 0 saturated carbocycles. The quantitative estimate of drug-likeness (QED) is 0.704. The molecule has 0 aromatic carbocycles. The van der Waals surface area contributed by atoms with Crippen LogP contribution in [0, 0.1) is 0 Å². The van der Waals surface area contributed by atoms with Crippen molar-refractivity contribution in [3.8, 4) is 0 Å². The van der Waals surface area contributed by atoms with Gasteiger partial charge in [0.25, 0.3) is 0 Å². The summed E-state index contributed by atoms with van der Waals surface area (Å²) in [7, 11) is 0. The number of halogens is 1. The van der Waals surface area contributed by atoms with E-state index in [-0.39, 0.29) is 11.2 Å². The molecule has 0 fully saturated rings. The van der Waals surface area contributed by atoms with Crippen molar-refractivity contribution in [1.29, 1.82) is 0 Å². The van der Waals surface area contributed by atoms with Crippen molar-refractivity contribution >= 4 is 23.0 Å². The molecule has 0 spiro atoms. The van der Waals surface area contributed by atoms with Crippen LogP contribution in [-0.2, 0) is 5.41 Å². The van der Waals surface area contributed by atoms with E-state index < -0.39 is 0 Å². The van der Waals surface area contributed by atoms with Gasteiger partial charge in [-0.1, -0.05) is 25.4 Å². The number of carbonyl (C=O) groups is 1. The molecule has 0 aliphatic heterocycles. The molecular formula is C11H10ClN3O. The lowest BCUT2D eigenvalue weighted by molar-refractivity contribution is 0.0979. The van der Waals surface area contributed by atoms with Crippen molar-refractivity contribution in [3.63, 3.8) is 0 Å². The van der Waals surface area contributed by atoms with Gasteiger partial charge in [0.2, 0.25) is 0 Å². The highest BCUT2D eigenvalue weighted by atomic mass is 35.5. The van der Waals surface area contributed by atoms with Crippen LogP contribution in [0.25, 0.3) is 5.65 Å². The summed E-state index contributed by atoms with van der Waals surface area (Å²) in [4.78, 5) is 16.0. The van der Waals surface area contributed by atoms with Crippen LogP contribution < -0.4 is 0 Å². The third kappa shape index (κ3) is 1.13. The zero-order valence-corrected chi connectivity index (χ0v) is 9.75. The minimum Gasteiger partial charge on any atom is -0.294 e. The van der Waals surface area contributed by atoms with Crippen LogP contribution in [0.15, 0.2) is 12.3 Å². The van der Waals surface area contributed by atoms with Crippen LogP contribution in [0.3, 0.4) is 0 Å². The monoisotopic (exact) mass is 235 g/mol. The molecule has 1 aliphatic carbocycles. The molecule has 2 aromatic rings. The van der Waals surface area contributed by atoms with Crippen molar-refractivity contribution in [2.75, 3.05) is 0 Å². The van der Waals surface area contributed by atoms with E-state index in [4.69, 9.17) is 11.6 Å². The minimum absolute atomic E-state index is 0.126. The fraction of sp³-hybridized carbons (Fsp3) is 0.364. The molecule has 5 heteroatoms. The fourth-order valence-corrected chi connectivity index (χ4v) is 2.51. The number of rotatable bonds is 0. The average molecular weight is 236 g/mol. The second kappa shape index (κ2) is 2.83. The number of Topliss-reactive ketones (excluding diaryl/α,β-unsaturated/α-hetero) is 1. The van der Waals surface area contributed by atoms with Crippen LogP contribution in [0.2, 0.25) is 5.15 Å². The predicted molar refractivity (Wildman–Crippen MR) is 60.0 cm³/mol. The molecule has 0 amide bonds. The lowest BCUT2D eigenvalue weighted by Gasteiger charge is -2.17. The van der Waals surface area contributed by atoms with Gasteiger partial charge in [-0.15, -0.1) is 0 Å². The maximum absolute atomic E-state index is 11.8. The summed E-state index contributed by atoms with van der Waals surface area (Å²) < 4.78 is 1.68. The van der Waals surface area contributed by atoms with Gasteiger partial charge in [0.15, 0.2) is 16.6 Å². The third-order valence-electron chi connectivity index (χ3n) is 3.00. The molecule has 2 aromatic heterocycles. The number of aromatic nitrogens is 3. The number of hydrogen-bond donors (Lipinski definition) is 0. The van der Waals surface area contributed by atoms with E-state index in [1.54, 1.807) is 16.8 Å². The van der Waals surface area contributed by atoms with Crippen molar-refractivity contribution in [2.24, 2.45) is 0 Å². The van der Waals surface area contributed by atoms with Gasteiger partial charge < -0.3 is 0 Å². The largest absolute Gasteiger partial charge is 0.294 e. The number of nitrogens with zero attached hydrogens (tertiary/aromatic N) is 3. The second-order valence-corrected chi connectivity index (χ2v) is 5.13. The first-order valence-corrected chi connectivity index (χ1v) is 5.45. The Morgan fingerprint density at radius 3 is 3.00 bits per heavy atom. The van der Waals surface area contributed by atoms with Crippen LogP contribution >= 0.6 is 11.6 Å². The zero-order chi connectivity index (χ0) is 11.5. The summed E-state index contributed by atoms with van der Waals surface area (Å²) >= 11 is 5.86. The van der Waals surface area contributed by atoms with Crippen molar-refractivity contribution in [3.05, 3.63) is 28.7 Å². The summed E-state index contributed by atoms with van der Waals surface area (Å²) in [6, 6.07) is 1.70. The van der Waals surface area contributed by atoms with E-state index >= 15 is 0 Å². The second-order valence-electron chi connectivity index (χ2n) is 4.74. The standard InChI is InChI=1S/C11H10ClN3O/c1-11(2)4-7(16)6-5-13-9-3-8(12)14-15(9)10(6)11/h3,5H,4H2,1-2H3. The van der Waals surface area contributed by atoms with Crippen molar-refractivity contribution < 1.29 is 4.79 Å². The first kappa shape index (κ1) is 9.78. The van der Waals surface area contributed by atoms with E-state index in [9.17, 15) is 4.79 Å². The summed E-state index contributed by atoms with van der Waals surface area (Å²) in [6.45, 7) is 4.07. The lowest BCUT2D eigenvalue weighted by Crippen LogP contribution is -2.17. The molecule has 3 rings (SSSR count). The highest BCUT2D eigenvalue weighted by molar-refractivity contribution is 6.29. The van der Waals surface area contributed by atoms with Crippen LogP contribution in [0.5, 0.6) is 0 Å². The molecule has 16 heavy (non-hydrogen) atoms. The molecule has 0 N–H and O–H groups in total. The lowest BCUT2D eigenvalue weighted by atomic mass is 9.90. The van der Waals surface area contributed by atoms with Crippen LogP contribution in [0.1, 0.15) is 36.3 Å². The van der Waals surface area contributed by atoms with Crippen molar-refractivity contribution in [1.82, 2.24) is 14.6 Å². The number of carbonyl (C=O) groups excluding carboxylic acids is 1. The third-order valence-corrected chi connectivity index (χ3v) is 3.18. The summed E-state index contributed by atoms with van der Waals surface area (Å²) in [5.41, 5.74) is 2.06. The van der Waals surface area contributed by atoms with Crippen LogP contribution in [-0.4, -0.2) is 20.4 Å². The van der Waals surface area contributed by atoms with E-state index in [0.717, 1.165) is 5.69 Å². The summed E-state index contributed by atoms with van der Waals surface area (Å²) in [5.74, 6) is 0.126. The number of ketones is 1. The Balaban J connectivity index is 2.46. The Kier molecular flexibility index (Phi) is 1.73. The molecule has 2 heterocycles. The van der Waals surface area contributed by atoms with E-state index in [1.165, 1.54) is 0 Å². The van der Waals surface area contributed by atoms with Gasteiger partial charge >= 0.3 is 0 Å². The minimum atomic E-state index is -0.205. The molecule has 0 unspecified atom stereocenters. The van der Waals surface area contributed by atoms with Crippen molar-refractivity contribution in [2.45, 2.75) is 25.7 Å². The molecule has 0 saturated heterocycles. The normalized spacial score (nSPS) is 18.1. The number of fused-ring (bicyclic) bond motifs is 3. The first-order valence-electron chi connectivity index (χ1n) is 5.07. The van der Waals surface area contributed by atoms with Gasteiger partial charge in [-0.05, 0) is 0 Å². The Morgan fingerprint density at radius 1 is 1.50 bits per heavy atom. The Hall–Kier alpha value is -1.42. The van der Waals surface area contributed by atoms with Gasteiger partial charge in [0, 0.05) is 24.1 Å². The maximum atomic E-state index is 11.8. The Bertz CT molecular complexity index is 615. The van der Waals surface area contributed by atoms with Gasteiger partial charge in [0.05, 0.1) is 11.3 Å². The summed E-state index contributed by atoms with van der Waals surface area (Å²) in [6.07, 6.45) is 2.13. The van der Waals surface area contributed by atoms with E-state index in [1.807, 2.05) is 13.8 Å².